The van der Waals surface area contributed by atoms with Crippen molar-refractivity contribution < 1.29 is 4.79 Å². The van der Waals surface area contributed by atoms with E-state index in [1.54, 1.807) is 11.4 Å². The fourth-order valence-corrected chi connectivity index (χ4v) is 2.42. The molecule has 15 heavy (non-hydrogen) atoms. The molecule has 2 aromatic rings. The van der Waals surface area contributed by atoms with Crippen LogP contribution in [0.1, 0.15) is 15.9 Å². The first-order valence-electron chi connectivity index (χ1n) is 4.21. The standard InChI is InChI=1S/C11H6ClIOS/c12-10-5-8(6-15-10)11(14)7-1-3-9(13)4-2-7/h1-6H. The first-order chi connectivity index (χ1) is 7.16. The van der Waals surface area contributed by atoms with Gasteiger partial charge < -0.3 is 0 Å². The Kier molecular flexibility index (Phi) is 3.43. The number of benzene rings is 1. The number of thiophene rings is 1. The lowest BCUT2D eigenvalue weighted by Crippen LogP contribution is -1.98. The van der Waals surface area contributed by atoms with Gasteiger partial charge in [-0.15, -0.1) is 11.3 Å². The molecule has 0 aliphatic heterocycles. The van der Waals surface area contributed by atoms with Crippen LogP contribution in [0.5, 0.6) is 0 Å². The quantitative estimate of drug-likeness (QED) is 0.586. The van der Waals surface area contributed by atoms with Crippen molar-refractivity contribution in [1.29, 1.82) is 0 Å². The van der Waals surface area contributed by atoms with Gasteiger partial charge in [0, 0.05) is 20.1 Å². The maximum Gasteiger partial charge on any atom is 0.193 e. The van der Waals surface area contributed by atoms with Gasteiger partial charge in [-0.3, -0.25) is 4.79 Å². The minimum atomic E-state index is 0.0227. The summed E-state index contributed by atoms with van der Waals surface area (Å²) in [5, 5.41) is 1.78. The molecule has 1 nitrogen and oxygen atoms in total. The molecule has 0 aliphatic rings. The molecule has 1 aromatic carbocycles. The molecular weight excluding hydrogens is 343 g/mol. The van der Waals surface area contributed by atoms with Gasteiger partial charge in [0.1, 0.15) is 0 Å². The zero-order valence-corrected chi connectivity index (χ0v) is 11.3. The summed E-state index contributed by atoms with van der Waals surface area (Å²) in [6.07, 6.45) is 0. The summed E-state index contributed by atoms with van der Waals surface area (Å²) < 4.78 is 1.76. The Morgan fingerprint density at radius 2 is 1.87 bits per heavy atom. The minimum Gasteiger partial charge on any atom is -0.289 e. The van der Waals surface area contributed by atoms with E-state index < -0.39 is 0 Å². The lowest BCUT2D eigenvalue weighted by atomic mass is 10.1. The molecule has 2 rings (SSSR count). The van der Waals surface area contributed by atoms with E-state index in [0.29, 0.717) is 15.5 Å². The molecule has 76 valence electrons. The van der Waals surface area contributed by atoms with Crippen LogP contribution in [0.3, 0.4) is 0 Å². The number of carbonyl (C=O) groups is 1. The van der Waals surface area contributed by atoms with Crippen LogP contribution < -0.4 is 0 Å². The van der Waals surface area contributed by atoms with Gasteiger partial charge in [-0.2, -0.15) is 0 Å². The van der Waals surface area contributed by atoms with Crippen LogP contribution in [0, 0.1) is 3.57 Å². The summed E-state index contributed by atoms with van der Waals surface area (Å²) in [4.78, 5) is 11.9. The Morgan fingerprint density at radius 3 is 2.40 bits per heavy atom. The van der Waals surface area contributed by atoms with Gasteiger partial charge in [0.25, 0.3) is 0 Å². The molecular formula is C11H6ClIOS. The normalized spacial score (nSPS) is 10.3. The van der Waals surface area contributed by atoms with Gasteiger partial charge in [-0.1, -0.05) is 11.6 Å². The van der Waals surface area contributed by atoms with Crippen molar-refractivity contribution in [1.82, 2.24) is 0 Å². The predicted octanol–water partition coefficient (Wildman–Crippen LogP) is 4.24. The van der Waals surface area contributed by atoms with E-state index in [9.17, 15) is 4.79 Å². The zero-order chi connectivity index (χ0) is 10.8. The molecule has 0 aliphatic carbocycles. The summed E-state index contributed by atoms with van der Waals surface area (Å²) in [6.45, 7) is 0. The van der Waals surface area contributed by atoms with E-state index in [4.69, 9.17) is 11.6 Å². The average Bonchev–Trinajstić information content (AvgIpc) is 2.65. The van der Waals surface area contributed by atoms with Gasteiger partial charge in [0.2, 0.25) is 0 Å². The van der Waals surface area contributed by atoms with Crippen molar-refractivity contribution in [3.8, 4) is 0 Å². The molecule has 0 saturated carbocycles. The van der Waals surface area contributed by atoms with Crippen molar-refractivity contribution in [2.75, 3.05) is 0 Å². The molecule has 1 heterocycles. The Bertz CT molecular complexity index is 490. The number of hydrogen-bond acceptors (Lipinski definition) is 2. The fourth-order valence-electron chi connectivity index (χ4n) is 1.20. The van der Waals surface area contributed by atoms with Crippen LogP contribution >= 0.6 is 45.5 Å². The molecule has 0 atom stereocenters. The Morgan fingerprint density at radius 1 is 1.20 bits per heavy atom. The molecule has 0 amide bonds. The van der Waals surface area contributed by atoms with Crippen LogP contribution in [0.2, 0.25) is 4.34 Å². The summed E-state index contributed by atoms with van der Waals surface area (Å²) in [7, 11) is 0. The highest BCUT2D eigenvalue weighted by Crippen LogP contribution is 2.22. The highest BCUT2D eigenvalue weighted by molar-refractivity contribution is 14.1. The first kappa shape index (κ1) is 11.1. The van der Waals surface area contributed by atoms with Gasteiger partial charge in [-0.25, -0.2) is 0 Å². The van der Waals surface area contributed by atoms with Gasteiger partial charge in [0.05, 0.1) is 4.34 Å². The second-order valence-corrected chi connectivity index (χ2v) is 5.76. The molecule has 0 saturated heterocycles. The third kappa shape index (κ3) is 2.59. The van der Waals surface area contributed by atoms with E-state index in [1.807, 2.05) is 24.3 Å². The number of halogens is 2. The molecule has 0 radical (unpaired) electrons. The van der Waals surface area contributed by atoms with Gasteiger partial charge in [-0.05, 0) is 52.9 Å². The molecule has 0 fully saturated rings. The van der Waals surface area contributed by atoms with Crippen molar-refractivity contribution in [3.63, 3.8) is 0 Å². The Hall–Kier alpha value is -0.390. The van der Waals surface area contributed by atoms with E-state index in [1.165, 1.54) is 11.3 Å². The van der Waals surface area contributed by atoms with Crippen molar-refractivity contribution >= 4 is 51.3 Å². The summed E-state index contributed by atoms with van der Waals surface area (Å²) in [6, 6.07) is 9.20. The molecule has 0 bridgehead atoms. The number of carbonyl (C=O) groups excluding carboxylic acids is 1. The SMILES string of the molecule is O=C(c1ccc(I)cc1)c1csc(Cl)c1. The lowest BCUT2D eigenvalue weighted by molar-refractivity contribution is 0.103. The molecule has 0 N–H and O–H groups in total. The Balaban J connectivity index is 2.32. The average molecular weight is 349 g/mol. The topological polar surface area (TPSA) is 17.1 Å². The third-order valence-corrected chi connectivity index (χ3v) is 3.75. The van der Waals surface area contributed by atoms with Gasteiger partial charge >= 0.3 is 0 Å². The second kappa shape index (κ2) is 4.63. The first-order valence-corrected chi connectivity index (χ1v) is 6.55. The zero-order valence-electron chi connectivity index (χ0n) is 7.54. The van der Waals surface area contributed by atoms with Crippen molar-refractivity contribution in [2.45, 2.75) is 0 Å². The Labute approximate surface area is 110 Å². The van der Waals surface area contributed by atoms with Crippen LogP contribution in [-0.2, 0) is 0 Å². The monoisotopic (exact) mass is 348 g/mol. The highest BCUT2D eigenvalue weighted by Gasteiger charge is 2.10. The van der Waals surface area contributed by atoms with E-state index in [2.05, 4.69) is 22.6 Å². The lowest BCUT2D eigenvalue weighted by Gasteiger charge is -1.97. The molecule has 0 unspecified atom stereocenters. The maximum atomic E-state index is 11.9. The molecule has 0 spiro atoms. The second-order valence-electron chi connectivity index (χ2n) is 2.98. The minimum absolute atomic E-state index is 0.0227. The molecule has 4 heteroatoms. The van der Waals surface area contributed by atoms with Crippen molar-refractivity contribution in [2.24, 2.45) is 0 Å². The van der Waals surface area contributed by atoms with Crippen LogP contribution in [-0.4, -0.2) is 5.78 Å². The maximum absolute atomic E-state index is 11.9. The summed E-state index contributed by atoms with van der Waals surface area (Å²) in [5.41, 5.74) is 1.36. The largest absolute Gasteiger partial charge is 0.289 e. The van der Waals surface area contributed by atoms with Crippen molar-refractivity contribution in [3.05, 3.63) is 54.7 Å². The summed E-state index contributed by atoms with van der Waals surface area (Å²) >= 11 is 9.36. The van der Waals surface area contributed by atoms with Crippen LogP contribution in [0.25, 0.3) is 0 Å². The summed E-state index contributed by atoms with van der Waals surface area (Å²) in [5.74, 6) is 0.0227. The highest BCUT2D eigenvalue weighted by atomic mass is 127. The predicted molar refractivity (Wildman–Crippen MR) is 71.9 cm³/mol. The molecule has 1 aromatic heterocycles. The number of hydrogen-bond donors (Lipinski definition) is 0. The van der Waals surface area contributed by atoms with E-state index in [-0.39, 0.29) is 5.78 Å². The van der Waals surface area contributed by atoms with Gasteiger partial charge in [0.15, 0.2) is 5.78 Å². The van der Waals surface area contributed by atoms with Crippen LogP contribution in [0.4, 0.5) is 0 Å². The number of rotatable bonds is 2. The van der Waals surface area contributed by atoms with E-state index in [0.717, 1.165) is 3.57 Å². The fraction of sp³-hybridized carbons (Fsp3) is 0. The van der Waals surface area contributed by atoms with E-state index >= 15 is 0 Å². The smallest absolute Gasteiger partial charge is 0.193 e. The number of ketones is 1. The third-order valence-electron chi connectivity index (χ3n) is 1.94. The van der Waals surface area contributed by atoms with Crippen LogP contribution in [0.15, 0.2) is 35.7 Å².